The van der Waals surface area contributed by atoms with Crippen molar-refractivity contribution in [3.63, 3.8) is 0 Å². The Morgan fingerprint density at radius 3 is 2.50 bits per heavy atom. The molecule has 0 radical (unpaired) electrons. The number of carbonyl (C=O) groups excluding carboxylic acids is 1. The smallest absolute Gasteiger partial charge is 0.257 e. The quantitative estimate of drug-likeness (QED) is 0.864. The van der Waals surface area contributed by atoms with Gasteiger partial charge in [-0.15, -0.1) is 11.6 Å². The van der Waals surface area contributed by atoms with Crippen molar-refractivity contribution in [2.75, 3.05) is 5.88 Å². The van der Waals surface area contributed by atoms with Crippen molar-refractivity contribution in [3.8, 4) is 0 Å². The summed E-state index contributed by atoms with van der Waals surface area (Å²) in [5.41, 5.74) is 0.535. The highest BCUT2D eigenvalue weighted by Gasteiger charge is 2.09. The monoisotopic (exact) mass is 327 g/mol. The third-order valence-corrected chi connectivity index (χ3v) is 3.75. The van der Waals surface area contributed by atoms with Gasteiger partial charge in [-0.05, 0) is 23.8 Å². The maximum absolute atomic E-state index is 11.4. The van der Waals surface area contributed by atoms with E-state index in [-0.39, 0.29) is 0 Å². The Bertz CT molecular complexity index is 584. The first-order valence-electron chi connectivity index (χ1n) is 4.59. The van der Waals surface area contributed by atoms with Crippen molar-refractivity contribution >= 4 is 56.8 Å². The molecule has 18 heavy (non-hydrogen) atoms. The summed E-state index contributed by atoms with van der Waals surface area (Å²) < 4.78 is 24.5. The molecular formula is C10H8Cl3NO3S. The molecule has 0 spiro atoms. The Kier molecular flexibility index (Phi) is 5.47. The van der Waals surface area contributed by atoms with E-state index in [9.17, 15) is 13.2 Å². The molecule has 1 aromatic rings. The molecule has 0 fully saturated rings. The highest BCUT2D eigenvalue weighted by Crippen LogP contribution is 2.23. The molecular weight excluding hydrogens is 321 g/mol. The predicted octanol–water partition coefficient (Wildman–Crippen LogP) is 2.65. The van der Waals surface area contributed by atoms with Crippen molar-refractivity contribution in [3.05, 3.63) is 39.2 Å². The maximum atomic E-state index is 11.4. The molecule has 0 atom stereocenters. The van der Waals surface area contributed by atoms with Crippen LogP contribution in [0, 0.1) is 0 Å². The summed E-state index contributed by atoms with van der Waals surface area (Å²) in [7, 11) is -3.85. The van der Waals surface area contributed by atoms with Crippen molar-refractivity contribution in [1.82, 2.24) is 4.72 Å². The van der Waals surface area contributed by atoms with Crippen LogP contribution in [0.5, 0.6) is 0 Å². The normalized spacial score (nSPS) is 11.7. The third-order valence-electron chi connectivity index (χ3n) is 1.76. The fourth-order valence-electron chi connectivity index (χ4n) is 1.00. The van der Waals surface area contributed by atoms with E-state index in [1.807, 2.05) is 0 Å². The van der Waals surface area contributed by atoms with Gasteiger partial charge in [-0.3, -0.25) is 4.79 Å². The Morgan fingerprint density at radius 1 is 1.28 bits per heavy atom. The van der Waals surface area contributed by atoms with Gasteiger partial charge in [-0.25, -0.2) is 13.1 Å². The van der Waals surface area contributed by atoms with E-state index in [1.54, 1.807) is 10.8 Å². The van der Waals surface area contributed by atoms with Gasteiger partial charge >= 0.3 is 0 Å². The number of nitrogens with one attached hydrogen (secondary N) is 1. The number of hydrogen-bond donors (Lipinski definition) is 1. The number of rotatable bonds is 4. The number of amides is 1. The molecule has 0 aliphatic rings. The molecule has 1 amide bonds. The lowest BCUT2D eigenvalue weighted by Gasteiger charge is -2.00. The second kappa shape index (κ2) is 6.43. The highest BCUT2D eigenvalue weighted by molar-refractivity contribution is 7.93. The molecule has 0 heterocycles. The minimum atomic E-state index is -3.85. The topological polar surface area (TPSA) is 63.2 Å². The van der Waals surface area contributed by atoms with Crippen LogP contribution in [0.15, 0.2) is 23.6 Å². The molecule has 1 N–H and O–H groups in total. The lowest BCUT2D eigenvalue weighted by molar-refractivity contribution is -0.116. The van der Waals surface area contributed by atoms with E-state index in [4.69, 9.17) is 34.8 Å². The van der Waals surface area contributed by atoms with Crippen molar-refractivity contribution < 1.29 is 13.2 Å². The average Bonchev–Trinajstić information content (AvgIpc) is 2.30. The Hall–Kier alpha value is -0.750. The summed E-state index contributed by atoms with van der Waals surface area (Å²) in [6.07, 6.45) is 1.28. The highest BCUT2D eigenvalue weighted by atomic mass is 35.5. The minimum Gasteiger partial charge on any atom is -0.273 e. The zero-order valence-electron chi connectivity index (χ0n) is 8.86. The van der Waals surface area contributed by atoms with E-state index in [2.05, 4.69) is 0 Å². The summed E-state index contributed by atoms with van der Waals surface area (Å²) >= 11 is 16.7. The maximum Gasteiger partial charge on any atom is 0.257 e. The minimum absolute atomic E-state index is 0.306. The van der Waals surface area contributed by atoms with Gasteiger partial charge < -0.3 is 0 Å². The van der Waals surface area contributed by atoms with E-state index in [0.717, 1.165) is 5.41 Å². The number of halogens is 3. The molecule has 4 nitrogen and oxygen atoms in total. The number of carbonyl (C=O) groups is 1. The lowest BCUT2D eigenvalue weighted by Crippen LogP contribution is -2.29. The number of benzene rings is 1. The Labute approximate surface area is 120 Å². The predicted molar refractivity (Wildman–Crippen MR) is 73.3 cm³/mol. The van der Waals surface area contributed by atoms with Gasteiger partial charge in [-0.2, -0.15) is 0 Å². The molecule has 0 aliphatic carbocycles. The first kappa shape index (κ1) is 15.3. The van der Waals surface area contributed by atoms with Gasteiger partial charge in [0.25, 0.3) is 10.0 Å². The SMILES string of the molecule is O=C(CCl)NS(=O)(=O)/C=C/c1ccc(Cl)c(Cl)c1. The number of sulfonamides is 1. The van der Waals surface area contributed by atoms with E-state index >= 15 is 0 Å². The summed E-state index contributed by atoms with van der Waals surface area (Å²) in [4.78, 5) is 10.8. The van der Waals surface area contributed by atoms with Crippen LogP contribution >= 0.6 is 34.8 Å². The first-order chi connectivity index (χ1) is 8.34. The van der Waals surface area contributed by atoms with Crippen LogP contribution in [-0.2, 0) is 14.8 Å². The van der Waals surface area contributed by atoms with Gasteiger partial charge in [0.1, 0.15) is 5.88 Å². The van der Waals surface area contributed by atoms with Crippen LogP contribution in [0.2, 0.25) is 10.0 Å². The second-order valence-electron chi connectivity index (χ2n) is 3.18. The van der Waals surface area contributed by atoms with Gasteiger partial charge in [0.15, 0.2) is 0 Å². The zero-order chi connectivity index (χ0) is 13.8. The average molecular weight is 329 g/mol. The van der Waals surface area contributed by atoms with E-state index in [1.165, 1.54) is 18.2 Å². The first-order valence-corrected chi connectivity index (χ1v) is 7.42. The fourth-order valence-corrected chi connectivity index (χ4v) is 2.25. The summed E-state index contributed by atoms with van der Waals surface area (Å²) in [5.74, 6) is -1.23. The van der Waals surface area contributed by atoms with Crippen molar-refractivity contribution in [2.24, 2.45) is 0 Å². The van der Waals surface area contributed by atoms with Gasteiger partial charge in [-0.1, -0.05) is 29.3 Å². The van der Waals surface area contributed by atoms with Crippen molar-refractivity contribution in [2.45, 2.75) is 0 Å². The largest absolute Gasteiger partial charge is 0.273 e. The standard InChI is InChI=1S/C10H8Cl3NO3S/c11-6-10(15)14-18(16,17)4-3-7-1-2-8(12)9(13)5-7/h1-5H,6H2,(H,14,15)/b4-3+. The van der Waals surface area contributed by atoms with Crippen LogP contribution in [0.25, 0.3) is 6.08 Å². The molecule has 0 aromatic heterocycles. The van der Waals surface area contributed by atoms with Crippen LogP contribution in [-0.4, -0.2) is 20.2 Å². The molecule has 0 aliphatic heterocycles. The molecule has 0 bridgehead atoms. The molecule has 1 aromatic carbocycles. The van der Waals surface area contributed by atoms with Gasteiger partial charge in [0, 0.05) is 0 Å². The zero-order valence-corrected chi connectivity index (χ0v) is 11.9. The molecule has 8 heteroatoms. The fraction of sp³-hybridized carbons (Fsp3) is 0.100. The molecule has 98 valence electrons. The molecule has 0 saturated heterocycles. The summed E-state index contributed by atoms with van der Waals surface area (Å²) in [6, 6.07) is 4.62. The van der Waals surface area contributed by atoms with Crippen LogP contribution in [0.3, 0.4) is 0 Å². The third kappa shape index (κ3) is 4.86. The Morgan fingerprint density at radius 2 is 1.94 bits per heavy atom. The van der Waals surface area contributed by atoms with Crippen molar-refractivity contribution in [1.29, 1.82) is 0 Å². The van der Waals surface area contributed by atoms with Crippen LogP contribution in [0.4, 0.5) is 0 Å². The summed E-state index contributed by atoms with van der Waals surface area (Å²) in [5, 5.41) is 1.52. The van der Waals surface area contributed by atoms with Gasteiger partial charge in [0.05, 0.1) is 15.5 Å². The van der Waals surface area contributed by atoms with E-state index < -0.39 is 21.8 Å². The summed E-state index contributed by atoms with van der Waals surface area (Å²) in [6.45, 7) is 0. The number of hydrogen-bond acceptors (Lipinski definition) is 3. The van der Waals surface area contributed by atoms with Gasteiger partial charge in [0.2, 0.25) is 5.91 Å². The molecule has 0 unspecified atom stereocenters. The second-order valence-corrected chi connectivity index (χ2v) is 5.83. The molecule has 0 saturated carbocycles. The Balaban J connectivity index is 2.86. The lowest BCUT2D eigenvalue weighted by atomic mass is 10.2. The number of alkyl halides is 1. The van der Waals surface area contributed by atoms with Crippen LogP contribution in [0.1, 0.15) is 5.56 Å². The van der Waals surface area contributed by atoms with E-state index in [0.29, 0.717) is 15.6 Å². The van der Waals surface area contributed by atoms with Crippen LogP contribution < -0.4 is 4.72 Å². The molecule has 1 rings (SSSR count).